The van der Waals surface area contributed by atoms with Crippen LogP contribution >= 0.6 is 0 Å². The molecule has 2 saturated heterocycles. The fourth-order valence-corrected chi connectivity index (χ4v) is 2.58. The molecule has 33 heavy (non-hydrogen) atoms. The van der Waals surface area contributed by atoms with Gasteiger partial charge in [-0.25, -0.2) is 0 Å². The summed E-state index contributed by atoms with van der Waals surface area (Å²) < 4.78 is 14.1. The molecule has 2 rings (SSSR count). The molecule has 2 fully saturated rings. The molecule has 0 spiro atoms. The minimum atomic E-state index is -1.99. The van der Waals surface area contributed by atoms with Crippen LogP contribution in [0.3, 0.4) is 0 Å². The van der Waals surface area contributed by atoms with Gasteiger partial charge in [-0.05, 0) is 0 Å². The van der Waals surface area contributed by atoms with Gasteiger partial charge in [-0.2, -0.15) is 0 Å². The second-order valence-electron chi connectivity index (χ2n) is 7.55. The third-order valence-electron chi connectivity index (χ3n) is 4.58. The first-order valence-electron chi connectivity index (χ1n) is 9.85. The number of carbonyl (C=O) groups excluding carboxylic acids is 1. The van der Waals surface area contributed by atoms with Gasteiger partial charge in [-0.1, -0.05) is 13.8 Å². The van der Waals surface area contributed by atoms with E-state index in [1.807, 2.05) is 0 Å². The Morgan fingerprint density at radius 2 is 1.36 bits per heavy atom. The molecule has 0 unspecified atom stereocenters. The van der Waals surface area contributed by atoms with Gasteiger partial charge < -0.3 is 65.3 Å². The van der Waals surface area contributed by atoms with Gasteiger partial charge in [0.2, 0.25) is 0 Å². The van der Waals surface area contributed by atoms with Crippen molar-refractivity contribution in [3.05, 3.63) is 0 Å². The quantitative estimate of drug-likeness (QED) is 0.161. The van der Waals surface area contributed by atoms with Crippen molar-refractivity contribution in [3.63, 3.8) is 0 Å². The molecule has 9 atom stereocenters. The SMILES string of the molecule is CC(=O)O[C@@]1(CO)O[C@H](CO)[C@@H](O)[C@@H]1O.CC(C)C(=O)O.OC[C@H]1O[C@H](O)[C@H](O)[C@@H](O)[C@@H]1O. The Labute approximate surface area is 189 Å². The highest BCUT2D eigenvalue weighted by Gasteiger charge is 2.56. The van der Waals surface area contributed by atoms with Crippen molar-refractivity contribution >= 4 is 11.9 Å². The van der Waals surface area contributed by atoms with E-state index in [9.17, 15) is 19.8 Å². The van der Waals surface area contributed by atoms with E-state index in [0.717, 1.165) is 6.92 Å². The normalized spacial score (nSPS) is 38.0. The lowest BCUT2D eigenvalue weighted by atomic mass is 10.00. The van der Waals surface area contributed by atoms with Crippen molar-refractivity contribution < 1.29 is 74.9 Å². The van der Waals surface area contributed by atoms with Gasteiger partial charge in [0.15, 0.2) is 12.4 Å². The number of esters is 1. The highest BCUT2D eigenvalue weighted by atomic mass is 16.8. The maximum atomic E-state index is 10.7. The molecule has 2 aliphatic rings. The summed E-state index contributed by atoms with van der Waals surface area (Å²) in [5.74, 6) is -3.73. The first-order valence-corrected chi connectivity index (χ1v) is 9.85. The molecular weight excluding hydrogens is 456 g/mol. The van der Waals surface area contributed by atoms with E-state index < -0.39 is 86.6 Å². The van der Waals surface area contributed by atoms with E-state index in [1.165, 1.54) is 0 Å². The van der Waals surface area contributed by atoms with Gasteiger partial charge in [-0.3, -0.25) is 9.59 Å². The molecule has 0 aliphatic carbocycles. The standard InChI is InChI=1S/C8H14O7.C6H12O6.C4H8O2/c1-4(11)14-8(3-10)7(13)6(12)5(2-9)15-8;7-1-2-3(8)4(9)5(10)6(11)12-2;1-3(2)4(5)6/h5-7,9-10,12-13H,2-3H2,1H3;2-11H,1H2;3H,1-2H3,(H,5,6)/t5-,6-,7+,8+;2-,3-,4+,5-,6+;/m11./s1. The Kier molecular flexibility index (Phi) is 13.4. The van der Waals surface area contributed by atoms with Crippen LogP contribution in [0.25, 0.3) is 0 Å². The van der Waals surface area contributed by atoms with E-state index in [4.69, 9.17) is 45.6 Å². The summed E-state index contributed by atoms with van der Waals surface area (Å²) >= 11 is 0. The Hall–Kier alpha value is -1.50. The van der Waals surface area contributed by atoms with Crippen LogP contribution in [0.2, 0.25) is 0 Å². The number of aliphatic hydroxyl groups excluding tert-OH is 9. The number of carbonyl (C=O) groups is 2. The van der Waals surface area contributed by atoms with E-state index >= 15 is 0 Å². The first kappa shape index (κ1) is 31.5. The largest absolute Gasteiger partial charge is 0.481 e. The molecule has 0 amide bonds. The summed E-state index contributed by atoms with van der Waals surface area (Å²) in [7, 11) is 0. The van der Waals surface area contributed by atoms with Gasteiger partial charge in [0.1, 0.15) is 43.2 Å². The molecular formula is C18H34O15. The molecule has 0 aromatic carbocycles. The fourth-order valence-electron chi connectivity index (χ4n) is 2.58. The minimum Gasteiger partial charge on any atom is -0.481 e. The average Bonchev–Trinajstić information content (AvgIpc) is 3.00. The van der Waals surface area contributed by atoms with Crippen molar-refractivity contribution in [1.29, 1.82) is 0 Å². The molecule has 2 aliphatic heterocycles. The van der Waals surface area contributed by atoms with Crippen molar-refractivity contribution in [3.8, 4) is 0 Å². The molecule has 0 saturated carbocycles. The molecule has 0 bridgehead atoms. The topological polar surface area (TPSA) is 264 Å². The van der Waals surface area contributed by atoms with Crippen LogP contribution in [-0.4, -0.2) is 138 Å². The maximum absolute atomic E-state index is 10.7. The second kappa shape index (κ2) is 14.0. The lowest BCUT2D eigenvalue weighted by Crippen LogP contribution is -2.58. The fraction of sp³-hybridized carbons (Fsp3) is 0.889. The summed E-state index contributed by atoms with van der Waals surface area (Å²) in [4.78, 5) is 20.4. The van der Waals surface area contributed by atoms with Gasteiger partial charge in [0, 0.05) is 6.92 Å². The summed E-state index contributed by atoms with van der Waals surface area (Å²) in [5.41, 5.74) is 0. The lowest BCUT2D eigenvalue weighted by Gasteiger charge is -2.37. The zero-order chi connectivity index (χ0) is 26.1. The highest BCUT2D eigenvalue weighted by Crippen LogP contribution is 2.32. The lowest BCUT2D eigenvalue weighted by molar-refractivity contribution is -0.286. The van der Waals surface area contributed by atoms with Gasteiger partial charge in [0.05, 0.1) is 19.1 Å². The molecule has 15 heteroatoms. The van der Waals surface area contributed by atoms with Crippen LogP contribution in [-0.2, 0) is 23.8 Å². The predicted octanol–water partition coefficient (Wildman–Crippen LogP) is -5.14. The van der Waals surface area contributed by atoms with Crippen LogP contribution in [0.1, 0.15) is 20.8 Å². The summed E-state index contributed by atoms with van der Waals surface area (Å²) in [5, 5.41) is 89.4. The number of aliphatic hydroxyl groups is 9. The highest BCUT2D eigenvalue weighted by molar-refractivity contribution is 5.68. The Morgan fingerprint density at radius 1 is 0.879 bits per heavy atom. The number of ether oxygens (including phenoxy) is 3. The monoisotopic (exact) mass is 490 g/mol. The van der Waals surface area contributed by atoms with Crippen LogP contribution in [0.4, 0.5) is 0 Å². The van der Waals surface area contributed by atoms with E-state index in [2.05, 4.69) is 9.47 Å². The van der Waals surface area contributed by atoms with E-state index in [1.54, 1.807) is 13.8 Å². The van der Waals surface area contributed by atoms with Crippen LogP contribution < -0.4 is 0 Å². The molecule has 196 valence electrons. The molecule has 0 aromatic heterocycles. The van der Waals surface area contributed by atoms with E-state index in [0.29, 0.717) is 0 Å². The zero-order valence-corrected chi connectivity index (χ0v) is 18.3. The number of hydrogen-bond donors (Lipinski definition) is 10. The number of carboxylic acids is 1. The van der Waals surface area contributed by atoms with Crippen molar-refractivity contribution in [1.82, 2.24) is 0 Å². The molecule has 0 aromatic rings. The third-order valence-corrected chi connectivity index (χ3v) is 4.58. The number of aliphatic carboxylic acids is 1. The number of hydrogen-bond acceptors (Lipinski definition) is 14. The average molecular weight is 490 g/mol. The predicted molar refractivity (Wildman–Crippen MR) is 104 cm³/mol. The summed E-state index contributed by atoms with van der Waals surface area (Å²) in [6, 6.07) is 0. The van der Waals surface area contributed by atoms with E-state index in [-0.39, 0.29) is 5.92 Å². The minimum absolute atomic E-state index is 0.231. The molecule has 15 nitrogen and oxygen atoms in total. The van der Waals surface area contributed by atoms with Crippen LogP contribution in [0.5, 0.6) is 0 Å². The van der Waals surface area contributed by atoms with Gasteiger partial charge in [-0.15, -0.1) is 0 Å². The summed E-state index contributed by atoms with van der Waals surface area (Å²) in [6.45, 7) is 2.47. The molecule has 0 radical (unpaired) electrons. The Bertz CT molecular complexity index is 597. The Morgan fingerprint density at radius 3 is 1.70 bits per heavy atom. The third kappa shape index (κ3) is 8.66. The second-order valence-corrected chi connectivity index (χ2v) is 7.55. The van der Waals surface area contributed by atoms with Crippen molar-refractivity contribution in [2.75, 3.05) is 19.8 Å². The van der Waals surface area contributed by atoms with Gasteiger partial charge >= 0.3 is 11.9 Å². The smallest absolute Gasteiger partial charge is 0.305 e. The summed E-state index contributed by atoms with van der Waals surface area (Å²) in [6.07, 6.45) is -11.1. The van der Waals surface area contributed by atoms with Crippen molar-refractivity contribution in [2.45, 2.75) is 75.6 Å². The molecule has 10 N–H and O–H groups in total. The van der Waals surface area contributed by atoms with Crippen LogP contribution in [0.15, 0.2) is 0 Å². The maximum Gasteiger partial charge on any atom is 0.305 e. The zero-order valence-electron chi connectivity index (χ0n) is 18.3. The number of rotatable bonds is 5. The number of carboxylic acid groups (broad SMARTS) is 1. The van der Waals surface area contributed by atoms with Crippen LogP contribution in [0, 0.1) is 5.92 Å². The Balaban J connectivity index is 0.000000509. The molecule has 2 heterocycles. The van der Waals surface area contributed by atoms with Crippen molar-refractivity contribution in [2.24, 2.45) is 5.92 Å². The first-order chi connectivity index (χ1) is 15.2. The van der Waals surface area contributed by atoms with Gasteiger partial charge in [0.25, 0.3) is 5.79 Å².